The number of nitrogens with two attached hydrogens (primary N) is 1. The van der Waals surface area contributed by atoms with Crippen LogP contribution in [0.15, 0.2) is 4.99 Å². The number of hydrogen-bond acceptors (Lipinski definition) is 2. The van der Waals surface area contributed by atoms with Crippen LogP contribution in [0.4, 0.5) is 0 Å². The smallest absolute Gasteiger partial charge is 0.0972 e. The summed E-state index contributed by atoms with van der Waals surface area (Å²) in [4.78, 5) is 4.44. The van der Waals surface area contributed by atoms with Gasteiger partial charge in [0.15, 0.2) is 0 Å². The normalized spacial score (nSPS) is 23.7. The molecule has 0 aromatic carbocycles. The van der Waals surface area contributed by atoms with Crippen LogP contribution in [-0.4, -0.2) is 28.1 Å². The Balaban J connectivity index is 2.45. The third-order valence-corrected chi connectivity index (χ3v) is 3.82. The predicted octanol–water partition coefficient (Wildman–Crippen LogP) is 1.69. The maximum absolute atomic E-state index is 11.0. The summed E-state index contributed by atoms with van der Waals surface area (Å²) >= 11 is 0. The monoisotopic (exact) mass is 230 g/mol. The van der Waals surface area contributed by atoms with E-state index in [-0.39, 0.29) is 6.04 Å². The molecular formula is C11H22N2OS. The summed E-state index contributed by atoms with van der Waals surface area (Å²) in [5, 5.41) is 0. The summed E-state index contributed by atoms with van der Waals surface area (Å²) in [6.07, 6.45) is 7.94. The topological polar surface area (TPSA) is 55.5 Å². The van der Waals surface area contributed by atoms with E-state index in [4.69, 9.17) is 5.73 Å². The fraction of sp³-hybridized carbons (Fsp3) is 0.909. The van der Waals surface area contributed by atoms with Gasteiger partial charge in [0.05, 0.1) is 11.9 Å². The first kappa shape index (κ1) is 12.7. The largest absolute Gasteiger partial charge is 0.387 e. The Morgan fingerprint density at radius 3 is 2.60 bits per heavy atom. The molecule has 0 aromatic rings. The Bertz CT molecular complexity index is 247. The van der Waals surface area contributed by atoms with Gasteiger partial charge in [-0.1, -0.05) is 19.3 Å². The van der Waals surface area contributed by atoms with Crippen LogP contribution in [0.1, 0.15) is 39.0 Å². The minimum absolute atomic E-state index is 0.0951. The number of aliphatic imine (C=N–C) groups is 1. The molecule has 2 N–H and O–H groups in total. The van der Waals surface area contributed by atoms with Gasteiger partial charge in [0.1, 0.15) is 0 Å². The van der Waals surface area contributed by atoms with E-state index in [1.807, 2.05) is 6.92 Å². The van der Waals surface area contributed by atoms with Gasteiger partial charge in [-0.2, -0.15) is 0 Å². The van der Waals surface area contributed by atoms with E-state index >= 15 is 0 Å². The standard InChI is InChI=1S/C11H22N2OS/c1-9(8-15(2)14)13-11(12)10-6-4-3-5-7-10/h9-10H,3-8H2,1-2H3,(H2,12,13). The molecule has 2 atom stereocenters. The molecule has 1 aliphatic rings. The van der Waals surface area contributed by atoms with Gasteiger partial charge in [-0.05, 0) is 19.8 Å². The molecule has 0 saturated heterocycles. The molecule has 3 nitrogen and oxygen atoms in total. The summed E-state index contributed by atoms with van der Waals surface area (Å²) in [5.74, 6) is 1.88. The second kappa shape index (κ2) is 6.26. The van der Waals surface area contributed by atoms with Gasteiger partial charge in [-0.3, -0.25) is 9.20 Å². The Labute approximate surface area is 95.0 Å². The maximum atomic E-state index is 11.0. The van der Waals surface area contributed by atoms with Crippen molar-refractivity contribution in [3.8, 4) is 0 Å². The summed E-state index contributed by atoms with van der Waals surface area (Å²) in [5.41, 5.74) is 5.98. The van der Waals surface area contributed by atoms with Crippen molar-refractivity contribution >= 4 is 16.6 Å². The van der Waals surface area contributed by atoms with E-state index in [0.717, 1.165) is 5.84 Å². The lowest BCUT2D eigenvalue weighted by molar-refractivity contribution is 0.436. The maximum Gasteiger partial charge on any atom is 0.0972 e. The number of hydrogen-bond donors (Lipinski definition) is 1. The SMILES string of the molecule is CC(CS(C)=O)N=C(N)C1CCCCC1. The first-order chi connectivity index (χ1) is 7.09. The predicted molar refractivity (Wildman–Crippen MR) is 66.6 cm³/mol. The van der Waals surface area contributed by atoms with Crippen molar-refractivity contribution in [2.45, 2.75) is 45.1 Å². The van der Waals surface area contributed by atoms with Crippen LogP contribution in [-0.2, 0) is 10.8 Å². The average molecular weight is 230 g/mol. The molecule has 1 saturated carbocycles. The van der Waals surface area contributed by atoms with E-state index in [1.54, 1.807) is 6.26 Å². The lowest BCUT2D eigenvalue weighted by atomic mass is 9.88. The molecule has 15 heavy (non-hydrogen) atoms. The Morgan fingerprint density at radius 1 is 1.47 bits per heavy atom. The molecule has 2 unspecified atom stereocenters. The van der Waals surface area contributed by atoms with Gasteiger partial charge in [0.2, 0.25) is 0 Å². The molecule has 0 heterocycles. The van der Waals surface area contributed by atoms with Crippen molar-refractivity contribution in [1.29, 1.82) is 0 Å². The second-order valence-electron chi connectivity index (χ2n) is 4.48. The molecule has 0 bridgehead atoms. The van der Waals surface area contributed by atoms with Crippen LogP contribution < -0.4 is 5.73 Å². The zero-order valence-corrected chi connectivity index (χ0v) is 10.6. The van der Waals surface area contributed by atoms with Gasteiger partial charge in [0.25, 0.3) is 0 Å². The van der Waals surface area contributed by atoms with E-state index < -0.39 is 10.8 Å². The molecule has 1 fully saturated rings. The fourth-order valence-electron chi connectivity index (χ4n) is 2.14. The van der Waals surface area contributed by atoms with Crippen molar-refractivity contribution in [2.75, 3.05) is 12.0 Å². The minimum Gasteiger partial charge on any atom is -0.387 e. The van der Waals surface area contributed by atoms with Gasteiger partial charge in [-0.15, -0.1) is 0 Å². The molecule has 0 amide bonds. The van der Waals surface area contributed by atoms with Crippen molar-refractivity contribution in [3.63, 3.8) is 0 Å². The van der Waals surface area contributed by atoms with Gasteiger partial charge < -0.3 is 5.73 Å². The molecule has 0 aliphatic heterocycles. The third kappa shape index (κ3) is 4.78. The Kier molecular flexibility index (Phi) is 5.29. The number of amidine groups is 1. The van der Waals surface area contributed by atoms with Crippen LogP contribution >= 0.6 is 0 Å². The van der Waals surface area contributed by atoms with E-state index in [2.05, 4.69) is 4.99 Å². The molecule has 1 aliphatic carbocycles. The van der Waals surface area contributed by atoms with Gasteiger partial charge in [0, 0.05) is 28.7 Å². The summed E-state index contributed by atoms with van der Waals surface area (Å²) < 4.78 is 11.0. The molecule has 0 radical (unpaired) electrons. The molecule has 88 valence electrons. The third-order valence-electron chi connectivity index (χ3n) is 2.87. The zero-order valence-electron chi connectivity index (χ0n) is 9.74. The fourth-order valence-corrected chi connectivity index (χ4v) is 2.89. The quantitative estimate of drug-likeness (QED) is 0.590. The van der Waals surface area contributed by atoms with Crippen molar-refractivity contribution in [1.82, 2.24) is 0 Å². The van der Waals surface area contributed by atoms with Gasteiger partial charge in [-0.25, -0.2) is 0 Å². The Hall–Kier alpha value is -0.380. The molecule has 1 rings (SSSR count). The summed E-state index contributed by atoms with van der Waals surface area (Å²) in [6.45, 7) is 1.98. The highest BCUT2D eigenvalue weighted by molar-refractivity contribution is 7.84. The van der Waals surface area contributed by atoms with Crippen LogP contribution in [0.2, 0.25) is 0 Å². The zero-order chi connectivity index (χ0) is 11.3. The second-order valence-corrected chi connectivity index (χ2v) is 5.96. The average Bonchev–Trinajstić information content (AvgIpc) is 2.17. The first-order valence-corrected chi connectivity index (χ1v) is 7.45. The van der Waals surface area contributed by atoms with Crippen LogP contribution in [0, 0.1) is 5.92 Å². The molecule has 0 aromatic heterocycles. The number of rotatable bonds is 4. The Morgan fingerprint density at radius 2 is 2.07 bits per heavy atom. The first-order valence-electron chi connectivity index (χ1n) is 5.72. The van der Waals surface area contributed by atoms with Crippen LogP contribution in [0.5, 0.6) is 0 Å². The lowest BCUT2D eigenvalue weighted by Gasteiger charge is -2.21. The van der Waals surface area contributed by atoms with E-state index in [0.29, 0.717) is 11.7 Å². The van der Waals surface area contributed by atoms with E-state index in [1.165, 1.54) is 32.1 Å². The molecular weight excluding hydrogens is 208 g/mol. The molecule has 4 heteroatoms. The minimum atomic E-state index is -0.780. The van der Waals surface area contributed by atoms with E-state index in [9.17, 15) is 4.21 Å². The summed E-state index contributed by atoms with van der Waals surface area (Å²) in [6, 6.07) is 0.0951. The highest BCUT2D eigenvalue weighted by Gasteiger charge is 2.17. The van der Waals surface area contributed by atoms with Crippen LogP contribution in [0.25, 0.3) is 0 Å². The highest BCUT2D eigenvalue weighted by atomic mass is 32.2. The lowest BCUT2D eigenvalue weighted by Crippen LogP contribution is -2.28. The highest BCUT2D eigenvalue weighted by Crippen LogP contribution is 2.23. The molecule has 0 spiro atoms. The van der Waals surface area contributed by atoms with Gasteiger partial charge >= 0.3 is 0 Å². The number of nitrogens with zero attached hydrogens (tertiary/aromatic N) is 1. The van der Waals surface area contributed by atoms with Crippen molar-refractivity contribution in [3.05, 3.63) is 0 Å². The summed E-state index contributed by atoms with van der Waals surface area (Å²) in [7, 11) is -0.780. The van der Waals surface area contributed by atoms with Crippen LogP contribution in [0.3, 0.4) is 0 Å². The van der Waals surface area contributed by atoms with Crippen molar-refractivity contribution < 1.29 is 4.21 Å². The van der Waals surface area contributed by atoms with Crippen molar-refractivity contribution in [2.24, 2.45) is 16.6 Å².